The zero-order chi connectivity index (χ0) is 46.4. The molecule has 8 aromatic rings. The van der Waals surface area contributed by atoms with Gasteiger partial charge in [0.15, 0.2) is 0 Å². The molecule has 1 aliphatic carbocycles. The summed E-state index contributed by atoms with van der Waals surface area (Å²) in [6.07, 6.45) is 11.9. The van der Waals surface area contributed by atoms with E-state index in [9.17, 15) is 0 Å². The van der Waals surface area contributed by atoms with Gasteiger partial charge in [-0.15, -0.1) is 5.10 Å². The number of hydrogen-bond acceptors (Lipinski definition) is 17. The molecule has 0 radical (unpaired) electrons. The maximum atomic E-state index is 7.50. The highest BCUT2D eigenvalue weighted by Gasteiger charge is 2.36. The summed E-state index contributed by atoms with van der Waals surface area (Å²) in [4.78, 5) is 32.3. The first-order valence-electron chi connectivity index (χ1n) is 24.3. The van der Waals surface area contributed by atoms with Crippen LogP contribution >= 0.6 is 0 Å². The summed E-state index contributed by atoms with van der Waals surface area (Å²) in [6.45, 7) is 11.4. The van der Waals surface area contributed by atoms with Gasteiger partial charge >= 0.3 is 0 Å². The van der Waals surface area contributed by atoms with Crippen molar-refractivity contribution < 1.29 is 4.74 Å². The fourth-order valence-corrected chi connectivity index (χ4v) is 10.7. The van der Waals surface area contributed by atoms with Crippen molar-refractivity contribution >= 4 is 73.3 Å². The molecule has 69 heavy (non-hydrogen) atoms. The average Bonchev–Trinajstić information content (AvgIpc) is 3.90. The number of ether oxygens (including phenoxy) is 1. The van der Waals surface area contributed by atoms with E-state index in [1.54, 1.807) is 6.33 Å². The Hall–Kier alpha value is -7.35. The molecule has 2 saturated heterocycles. The zero-order valence-corrected chi connectivity index (χ0v) is 38.8. The largest absolute Gasteiger partial charge is 0.384 e. The van der Waals surface area contributed by atoms with Crippen LogP contribution in [-0.2, 0) is 17.8 Å². The summed E-state index contributed by atoms with van der Waals surface area (Å²) < 4.78 is 8.44. The van der Waals surface area contributed by atoms with E-state index in [2.05, 4.69) is 105 Å². The Morgan fingerprint density at radius 3 is 2.65 bits per heavy atom. The number of aromatic nitrogens is 9. The Bertz CT molecular complexity index is 3180. The number of piperazine rings is 1. The van der Waals surface area contributed by atoms with Crippen molar-refractivity contribution in [3.05, 3.63) is 85.1 Å². The fraction of sp³-hybridized carbons (Fsp3) is 0.380. The Balaban J connectivity index is 0.648. The summed E-state index contributed by atoms with van der Waals surface area (Å²) in [5.41, 5.74) is 20.0. The molecule has 3 fully saturated rings. The number of fused-ring (bicyclic) bond motifs is 5. The first-order valence-corrected chi connectivity index (χ1v) is 24.3. The molecule has 5 aromatic heterocycles. The first kappa shape index (κ1) is 43.0. The maximum absolute atomic E-state index is 7.50. The van der Waals surface area contributed by atoms with Crippen LogP contribution < -0.4 is 31.5 Å². The van der Waals surface area contributed by atoms with Crippen LogP contribution in [0.2, 0.25) is 0 Å². The Kier molecular flexibility index (Phi) is 11.4. The quantitative estimate of drug-likeness (QED) is 0.0404. The van der Waals surface area contributed by atoms with E-state index in [1.807, 2.05) is 48.4 Å². The number of rotatable bonds is 14. The highest BCUT2D eigenvalue weighted by Crippen LogP contribution is 2.50. The molecule has 8 heterocycles. The van der Waals surface area contributed by atoms with E-state index in [-0.39, 0.29) is 12.1 Å². The van der Waals surface area contributed by atoms with Crippen LogP contribution in [0.4, 0.5) is 40.3 Å². The number of hydrogen-bond donors (Lipinski definition) is 7. The van der Waals surface area contributed by atoms with Crippen molar-refractivity contribution in [2.45, 2.75) is 76.8 Å². The lowest BCUT2D eigenvalue weighted by atomic mass is 9.89. The summed E-state index contributed by atoms with van der Waals surface area (Å²) >= 11 is 0. The maximum Gasteiger partial charge on any atom is 0.224 e. The van der Waals surface area contributed by atoms with Crippen molar-refractivity contribution in [2.24, 2.45) is 5.11 Å². The van der Waals surface area contributed by atoms with E-state index in [4.69, 9.17) is 30.2 Å². The van der Waals surface area contributed by atoms with Crippen LogP contribution in [0.3, 0.4) is 0 Å². The van der Waals surface area contributed by atoms with Crippen LogP contribution in [0.5, 0.6) is 0 Å². The van der Waals surface area contributed by atoms with Gasteiger partial charge in [0.05, 0.1) is 46.7 Å². The molecule has 4 aliphatic rings. The molecule has 0 spiro atoms. The minimum absolute atomic E-state index is 0.105. The van der Waals surface area contributed by atoms with Gasteiger partial charge in [-0.3, -0.25) is 4.90 Å². The molecule has 19 nitrogen and oxygen atoms in total. The van der Waals surface area contributed by atoms with E-state index in [0.29, 0.717) is 30.3 Å². The third kappa shape index (κ3) is 8.39. The number of nitrogens with zero attached hydrogens (tertiary/aromatic N) is 11. The molecule has 7 N–H and O–H groups in total. The monoisotopic (exact) mass is 924 g/mol. The number of pyridine rings is 1. The lowest BCUT2D eigenvalue weighted by molar-refractivity contribution is -0.0639. The minimum Gasteiger partial charge on any atom is -0.384 e. The van der Waals surface area contributed by atoms with Crippen LogP contribution in [0.15, 0.2) is 84.6 Å². The van der Waals surface area contributed by atoms with Gasteiger partial charge in [0.25, 0.3) is 0 Å². The Morgan fingerprint density at radius 1 is 0.899 bits per heavy atom. The summed E-state index contributed by atoms with van der Waals surface area (Å²) in [5, 5.41) is 32.1. The predicted molar refractivity (Wildman–Crippen MR) is 270 cm³/mol. The van der Waals surface area contributed by atoms with E-state index < -0.39 is 0 Å². The van der Waals surface area contributed by atoms with Gasteiger partial charge in [0, 0.05) is 94.0 Å². The van der Waals surface area contributed by atoms with Crippen molar-refractivity contribution in [2.75, 3.05) is 72.0 Å². The number of aromatic amines is 1. The first-order chi connectivity index (χ1) is 34.0. The number of H-pyrrole nitrogens is 1. The van der Waals surface area contributed by atoms with Crippen LogP contribution in [0, 0.1) is 5.53 Å². The third-order valence-corrected chi connectivity index (χ3v) is 14.4. The minimum atomic E-state index is 0.105. The molecular formula is C50H56N18O. The number of nitrogens with one attached hydrogen (secondary N) is 7. The van der Waals surface area contributed by atoms with Crippen LogP contribution in [-0.4, -0.2) is 120 Å². The molecule has 0 bridgehead atoms. The van der Waals surface area contributed by atoms with Crippen molar-refractivity contribution in [1.29, 1.82) is 5.53 Å². The molecule has 0 amide bonds. The number of aryl methyl sites for hydroxylation is 1. The molecular weight excluding hydrogens is 869 g/mol. The van der Waals surface area contributed by atoms with Gasteiger partial charge in [-0.1, -0.05) is 23.4 Å². The fourth-order valence-electron chi connectivity index (χ4n) is 10.7. The van der Waals surface area contributed by atoms with Crippen molar-refractivity contribution in [3.8, 4) is 22.3 Å². The lowest BCUT2D eigenvalue weighted by Gasteiger charge is -2.45. The molecule has 3 aromatic carbocycles. The molecule has 19 heteroatoms. The molecule has 12 rings (SSSR count). The van der Waals surface area contributed by atoms with Gasteiger partial charge < -0.3 is 41.2 Å². The Labute approximate surface area is 398 Å². The summed E-state index contributed by atoms with van der Waals surface area (Å²) in [6, 6.07) is 19.7. The normalized spacial score (nSPS) is 20.5. The summed E-state index contributed by atoms with van der Waals surface area (Å²) in [5.74, 6) is 2.41. The Morgan fingerprint density at radius 2 is 1.80 bits per heavy atom. The SMILES string of the molecule is CCNc1cc(-c2c[nH]c3nc(NCc4ccc(N5CCNC(C6CN(C7CCC(Nc8ncnc9c%10c(cc(-c%11ccc%12nnn(CC)c%12c%11)c89)N%10)CC7)CCO6)C5)nc4)ncc23)ccc1N=N. The van der Waals surface area contributed by atoms with Gasteiger partial charge in [-0.25, -0.2) is 30.1 Å². The van der Waals surface area contributed by atoms with Gasteiger partial charge in [0.2, 0.25) is 5.95 Å². The topological polar surface area (TPSA) is 233 Å². The highest BCUT2D eigenvalue weighted by molar-refractivity contribution is 6.17. The van der Waals surface area contributed by atoms with Gasteiger partial charge in [-0.05, 0) is 98.2 Å². The van der Waals surface area contributed by atoms with Crippen LogP contribution in [0.25, 0.3) is 55.2 Å². The molecule has 2 atom stereocenters. The number of benzene rings is 3. The summed E-state index contributed by atoms with van der Waals surface area (Å²) in [7, 11) is 0. The molecule has 1 saturated carbocycles. The molecule has 2 unspecified atom stereocenters. The number of anilines is 6. The van der Waals surface area contributed by atoms with E-state index in [0.717, 1.165) is 168 Å². The van der Waals surface area contributed by atoms with Gasteiger partial charge in [-0.2, -0.15) is 10.1 Å². The third-order valence-electron chi connectivity index (χ3n) is 14.4. The molecule has 3 aliphatic heterocycles. The van der Waals surface area contributed by atoms with E-state index >= 15 is 0 Å². The van der Waals surface area contributed by atoms with E-state index in [1.165, 1.54) is 0 Å². The van der Waals surface area contributed by atoms with Crippen molar-refractivity contribution in [1.82, 2.24) is 55.1 Å². The highest BCUT2D eigenvalue weighted by atomic mass is 16.5. The smallest absolute Gasteiger partial charge is 0.224 e. The van der Waals surface area contributed by atoms with Gasteiger partial charge in [0.1, 0.15) is 40.3 Å². The second kappa shape index (κ2) is 18.3. The average molecular weight is 925 g/mol. The molecule has 352 valence electrons. The standard InChI is InChI=1S/C50H56N18O/c1-3-52-39-19-30(6-12-37(39)63-51)35-24-55-48-36(35)25-57-50(62-48)56-23-29-5-14-44(54-22-29)67-16-15-53-41(26-67)43-27-66(17-18-69-43)33-10-8-32(9-11-33)60-49-45-34(21-40-46(61-40)47(45)58-28-59-49)31-7-13-38-42(20-31)68(4-2)65-64-38/h5-7,12-14,19-22,24-25,28,32-33,41,43,51-53,61H,3-4,8-11,15-18,23,26-27H2,1-2H3,(H,58,59,60)(H2,55,56,57,62). The predicted octanol–water partition coefficient (Wildman–Crippen LogP) is 8.06. The second-order valence-corrected chi connectivity index (χ2v) is 18.5. The lowest BCUT2D eigenvalue weighted by Crippen LogP contribution is -2.61. The zero-order valence-electron chi connectivity index (χ0n) is 38.8. The van der Waals surface area contributed by atoms with Crippen LogP contribution in [0.1, 0.15) is 45.1 Å². The van der Waals surface area contributed by atoms with Crippen molar-refractivity contribution in [3.63, 3.8) is 0 Å². The second-order valence-electron chi connectivity index (χ2n) is 18.5. The number of morpholine rings is 1.